The number of ether oxygens (including phenoxy) is 2. The molecular weight excluding hydrogens is 537 g/mol. The van der Waals surface area contributed by atoms with Gasteiger partial charge in [-0.25, -0.2) is 22.6 Å². The lowest BCUT2D eigenvalue weighted by atomic mass is 10.1. The molecule has 0 spiro atoms. The molecule has 0 N–H and O–H groups in total. The third kappa shape index (κ3) is 5.74. The number of nitrogens with zero attached hydrogens (tertiary/aromatic N) is 4. The minimum atomic E-state index is -1.22. The maximum Gasteiger partial charge on any atom is 0.358 e. The Balaban J connectivity index is 1.34. The van der Waals surface area contributed by atoms with Crippen molar-refractivity contribution in [3.63, 3.8) is 0 Å². The Morgan fingerprint density at radius 2 is 1.46 bits per heavy atom. The first-order valence-electron chi connectivity index (χ1n) is 13.0. The minimum absolute atomic E-state index is 0.177. The normalized spacial score (nSPS) is 13.3. The summed E-state index contributed by atoms with van der Waals surface area (Å²) >= 11 is 0. The van der Waals surface area contributed by atoms with Gasteiger partial charge in [-0.3, -0.25) is 4.79 Å². The van der Waals surface area contributed by atoms with Crippen LogP contribution in [-0.4, -0.2) is 66.5 Å². The molecule has 1 fully saturated rings. The highest BCUT2D eigenvalue weighted by Crippen LogP contribution is 2.28. The van der Waals surface area contributed by atoms with Crippen molar-refractivity contribution in [1.29, 1.82) is 0 Å². The molecule has 0 aliphatic carbocycles. The maximum atomic E-state index is 14.1. The van der Waals surface area contributed by atoms with Crippen LogP contribution in [0.15, 0.2) is 66.7 Å². The summed E-state index contributed by atoms with van der Waals surface area (Å²) in [4.78, 5) is 28.6. The molecule has 1 saturated heterocycles. The van der Waals surface area contributed by atoms with Crippen molar-refractivity contribution in [3.05, 3.63) is 95.4 Å². The van der Waals surface area contributed by atoms with E-state index in [-0.39, 0.29) is 25.4 Å². The van der Waals surface area contributed by atoms with Crippen LogP contribution in [0.4, 0.5) is 18.9 Å². The van der Waals surface area contributed by atoms with E-state index in [1.165, 1.54) is 4.90 Å². The minimum Gasteiger partial charge on any atom is -0.497 e. The molecule has 3 aromatic carbocycles. The summed E-state index contributed by atoms with van der Waals surface area (Å²) < 4.78 is 53.5. The monoisotopic (exact) mass is 564 g/mol. The molecule has 1 aliphatic heterocycles. The summed E-state index contributed by atoms with van der Waals surface area (Å²) in [7, 11) is 1.58. The Kier molecular flexibility index (Phi) is 7.95. The molecule has 8 nitrogen and oxygen atoms in total. The van der Waals surface area contributed by atoms with Crippen LogP contribution in [0.1, 0.15) is 27.8 Å². The van der Waals surface area contributed by atoms with Crippen LogP contribution in [0.3, 0.4) is 0 Å². The molecule has 0 unspecified atom stereocenters. The highest BCUT2D eigenvalue weighted by atomic mass is 19.1. The number of hydrogen-bond donors (Lipinski definition) is 0. The summed E-state index contributed by atoms with van der Waals surface area (Å²) in [5, 5.41) is 4.49. The van der Waals surface area contributed by atoms with Gasteiger partial charge in [0.2, 0.25) is 0 Å². The van der Waals surface area contributed by atoms with Gasteiger partial charge in [0, 0.05) is 49.6 Å². The van der Waals surface area contributed by atoms with E-state index in [0.29, 0.717) is 36.7 Å². The number of methoxy groups -OCH3 is 1. The lowest BCUT2D eigenvalue weighted by Gasteiger charge is -2.36. The van der Waals surface area contributed by atoms with Crippen LogP contribution in [0.2, 0.25) is 0 Å². The van der Waals surface area contributed by atoms with Gasteiger partial charge in [0.05, 0.1) is 25.1 Å². The summed E-state index contributed by atoms with van der Waals surface area (Å²) in [5.74, 6) is -4.15. The average Bonchev–Trinajstić information content (AvgIpc) is 3.43. The quantitative estimate of drug-likeness (QED) is 0.291. The van der Waals surface area contributed by atoms with Crippen LogP contribution >= 0.6 is 0 Å². The molecule has 1 aliphatic rings. The van der Waals surface area contributed by atoms with E-state index in [1.54, 1.807) is 36.9 Å². The summed E-state index contributed by atoms with van der Waals surface area (Å²) in [5.41, 5.74) is 2.54. The molecule has 0 bridgehead atoms. The number of carbonyl (C=O) groups excluding carboxylic acids is 2. The fourth-order valence-electron chi connectivity index (χ4n) is 4.73. The Hall–Kier alpha value is -4.80. The van der Waals surface area contributed by atoms with Crippen LogP contribution < -0.4 is 9.64 Å². The molecule has 1 amide bonds. The number of esters is 1. The second kappa shape index (κ2) is 11.7. The first kappa shape index (κ1) is 27.8. The predicted molar refractivity (Wildman–Crippen MR) is 146 cm³/mol. The predicted octanol–water partition coefficient (Wildman–Crippen LogP) is 5.10. The van der Waals surface area contributed by atoms with E-state index < -0.39 is 34.9 Å². The van der Waals surface area contributed by atoms with Crippen molar-refractivity contribution >= 4 is 17.6 Å². The van der Waals surface area contributed by atoms with Crippen molar-refractivity contribution in [3.8, 4) is 22.7 Å². The highest BCUT2D eigenvalue weighted by Gasteiger charge is 2.27. The van der Waals surface area contributed by atoms with Gasteiger partial charge >= 0.3 is 5.97 Å². The molecular formula is C30H27F3N4O4. The van der Waals surface area contributed by atoms with Gasteiger partial charge in [-0.05, 0) is 49.4 Å². The van der Waals surface area contributed by atoms with E-state index in [1.807, 2.05) is 36.4 Å². The molecule has 0 atom stereocenters. The Labute approximate surface area is 234 Å². The van der Waals surface area contributed by atoms with Crippen molar-refractivity contribution < 1.29 is 32.2 Å². The molecule has 41 heavy (non-hydrogen) atoms. The van der Waals surface area contributed by atoms with Crippen molar-refractivity contribution in [2.24, 2.45) is 0 Å². The van der Waals surface area contributed by atoms with Gasteiger partial charge in [-0.1, -0.05) is 12.1 Å². The van der Waals surface area contributed by atoms with Gasteiger partial charge in [0.25, 0.3) is 5.91 Å². The highest BCUT2D eigenvalue weighted by molar-refractivity contribution is 5.95. The van der Waals surface area contributed by atoms with E-state index in [4.69, 9.17) is 9.47 Å². The average molecular weight is 565 g/mol. The number of hydrogen-bond acceptors (Lipinski definition) is 6. The number of piperazine rings is 1. The number of benzene rings is 3. The van der Waals surface area contributed by atoms with Crippen molar-refractivity contribution in [1.82, 2.24) is 14.7 Å². The summed E-state index contributed by atoms with van der Waals surface area (Å²) in [6, 6.07) is 17.6. The number of halogens is 3. The van der Waals surface area contributed by atoms with Crippen LogP contribution in [0.25, 0.3) is 16.9 Å². The third-order valence-corrected chi connectivity index (χ3v) is 6.83. The van der Waals surface area contributed by atoms with Crippen LogP contribution in [0.5, 0.6) is 5.75 Å². The fourth-order valence-corrected chi connectivity index (χ4v) is 4.73. The Morgan fingerprint density at radius 3 is 2.05 bits per heavy atom. The summed E-state index contributed by atoms with van der Waals surface area (Å²) in [6.07, 6.45) is 0. The molecule has 11 heteroatoms. The lowest BCUT2D eigenvalue weighted by molar-refractivity contribution is 0.0518. The van der Waals surface area contributed by atoms with Gasteiger partial charge in [0.15, 0.2) is 5.69 Å². The van der Waals surface area contributed by atoms with Gasteiger partial charge in [0.1, 0.15) is 28.8 Å². The Morgan fingerprint density at radius 1 is 0.854 bits per heavy atom. The van der Waals surface area contributed by atoms with Crippen molar-refractivity contribution in [2.45, 2.75) is 6.92 Å². The zero-order chi connectivity index (χ0) is 29.1. The van der Waals surface area contributed by atoms with E-state index in [9.17, 15) is 22.8 Å². The zero-order valence-corrected chi connectivity index (χ0v) is 22.4. The van der Waals surface area contributed by atoms with Gasteiger partial charge in [-0.2, -0.15) is 5.10 Å². The standard InChI is InChI=1S/C30H27F3N4O4/c1-3-41-30(39)26-18-27(37(34-26)22-8-10-23(40-2)11-9-22)19-4-6-21(7-5-19)35-12-14-36(15-13-35)29(38)28-24(32)16-20(31)17-25(28)33/h4-11,16-18H,3,12-15H2,1-2H3. The van der Waals surface area contributed by atoms with E-state index in [2.05, 4.69) is 10.00 Å². The molecule has 212 valence electrons. The smallest absolute Gasteiger partial charge is 0.358 e. The Bertz CT molecular complexity index is 1540. The fraction of sp³-hybridized carbons (Fsp3) is 0.233. The largest absolute Gasteiger partial charge is 0.497 e. The lowest BCUT2D eigenvalue weighted by Crippen LogP contribution is -2.49. The topological polar surface area (TPSA) is 76.9 Å². The van der Waals surface area contributed by atoms with E-state index >= 15 is 0 Å². The second-order valence-corrected chi connectivity index (χ2v) is 9.32. The summed E-state index contributed by atoms with van der Waals surface area (Å²) in [6.45, 7) is 3.31. The van der Waals surface area contributed by atoms with Crippen LogP contribution in [-0.2, 0) is 4.74 Å². The van der Waals surface area contributed by atoms with Crippen molar-refractivity contribution in [2.75, 3.05) is 44.8 Å². The molecule has 2 heterocycles. The van der Waals surface area contributed by atoms with E-state index in [0.717, 1.165) is 16.9 Å². The molecule has 4 aromatic rings. The number of carbonyl (C=O) groups is 2. The molecule has 0 saturated carbocycles. The number of anilines is 1. The number of rotatable bonds is 7. The SMILES string of the molecule is CCOC(=O)c1cc(-c2ccc(N3CCN(C(=O)c4c(F)cc(F)cc4F)CC3)cc2)n(-c2ccc(OC)cc2)n1. The number of aromatic nitrogens is 2. The first-order valence-corrected chi connectivity index (χ1v) is 13.0. The van der Waals surface area contributed by atoms with Crippen LogP contribution in [0, 0.1) is 17.5 Å². The maximum absolute atomic E-state index is 14.1. The third-order valence-electron chi connectivity index (χ3n) is 6.83. The second-order valence-electron chi connectivity index (χ2n) is 9.32. The molecule has 0 radical (unpaired) electrons. The van der Waals surface area contributed by atoms with Gasteiger partial charge in [-0.15, -0.1) is 0 Å². The zero-order valence-electron chi connectivity index (χ0n) is 22.4. The molecule has 1 aromatic heterocycles. The molecule has 5 rings (SSSR count). The number of amides is 1. The van der Waals surface area contributed by atoms with Gasteiger partial charge < -0.3 is 19.3 Å². The first-order chi connectivity index (χ1) is 19.8.